The summed E-state index contributed by atoms with van der Waals surface area (Å²) < 4.78 is 30.4. The summed E-state index contributed by atoms with van der Waals surface area (Å²) in [4.78, 5) is 23.1. The molecule has 5 nitrogen and oxygen atoms in total. The zero-order valence-electron chi connectivity index (χ0n) is 19.7. The monoisotopic (exact) mass is 510 g/mol. The maximum Gasteiger partial charge on any atom is 0.263 e. The molecule has 3 aromatic carbocycles. The molecule has 0 bridgehead atoms. The third kappa shape index (κ3) is 4.05. The minimum Gasteiger partial charge on any atom is -0.360 e. The van der Waals surface area contributed by atoms with E-state index in [-0.39, 0.29) is 11.6 Å². The predicted octanol–water partition coefficient (Wildman–Crippen LogP) is 7.11. The molecule has 0 aliphatic carbocycles. The number of halogens is 2. The zero-order chi connectivity index (χ0) is 25.5. The summed E-state index contributed by atoms with van der Waals surface area (Å²) in [6.07, 6.45) is 1.73. The first kappa shape index (κ1) is 23.0. The molecule has 37 heavy (non-hydrogen) atoms. The maximum atomic E-state index is 14.2. The molecule has 8 heteroatoms. The van der Waals surface area contributed by atoms with Gasteiger partial charge >= 0.3 is 0 Å². The molecule has 0 fully saturated rings. The van der Waals surface area contributed by atoms with Crippen LogP contribution in [0.15, 0.2) is 95.4 Å². The van der Waals surface area contributed by atoms with Crippen LogP contribution in [0.3, 0.4) is 0 Å². The number of nitrogens with zero attached hydrogens (tertiary/aromatic N) is 3. The van der Waals surface area contributed by atoms with Gasteiger partial charge in [0.25, 0.3) is 5.56 Å². The number of nitrogens with one attached hydrogen (secondary N) is 1. The fourth-order valence-corrected chi connectivity index (χ4v) is 5.30. The summed E-state index contributed by atoms with van der Waals surface area (Å²) in [6.45, 7) is 1.96. The number of hydrogen-bond acceptors (Lipinski definition) is 5. The van der Waals surface area contributed by atoms with Gasteiger partial charge in [-0.25, -0.2) is 18.7 Å². The Kier molecular flexibility index (Phi) is 5.73. The van der Waals surface area contributed by atoms with Gasteiger partial charge in [0.2, 0.25) is 0 Å². The highest BCUT2D eigenvalue weighted by molar-refractivity contribution is 7.16. The Morgan fingerprint density at radius 1 is 0.919 bits per heavy atom. The van der Waals surface area contributed by atoms with Crippen LogP contribution in [-0.2, 0) is 0 Å². The first-order valence-electron chi connectivity index (χ1n) is 11.7. The second-order valence-electron chi connectivity index (χ2n) is 8.67. The fourth-order valence-electron chi connectivity index (χ4n) is 4.62. The van der Waals surface area contributed by atoms with Gasteiger partial charge in [0.1, 0.15) is 5.52 Å². The van der Waals surface area contributed by atoms with E-state index in [1.807, 2.05) is 61.5 Å². The van der Waals surface area contributed by atoms with Crippen molar-refractivity contribution in [3.63, 3.8) is 0 Å². The van der Waals surface area contributed by atoms with Crippen molar-refractivity contribution in [1.82, 2.24) is 14.5 Å². The van der Waals surface area contributed by atoms with E-state index in [4.69, 9.17) is 0 Å². The number of fused-ring (bicyclic) bond motifs is 2. The quantitative estimate of drug-likeness (QED) is 0.268. The number of rotatable bonds is 5. The highest BCUT2D eigenvalue weighted by atomic mass is 32.1. The number of para-hydroxylation sites is 1. The van der Waals surface area contributed by atoms with Gasteiger partial charge in [-0.2, -0.15) is 0 Å². The van der Waals surface area contributed by atoms with Gasteiger partial charge in [-0.05, 0) is 59.8 Å². The molecular weight excluding hydrogens is 490 g/mol. The number of pyridine rings is 2. The molecule has 0 saturated heterocycles. The van der Waals surface area contributed by atoms with Crippen LogP contribution >= 0.6 is 11.3 Å². The molecule has 0 aliphatic heterocycles. The van der Waals surface area contributed by atoms with Gasteiger partial charge in [0.05, 0.1) is 21.6 Å². The molecule has 0 radical (unpaired) electrons. The molecular formula is C29H20F2N4OS. The lowest BCUT2D eigenvalue weighted by atomic mass is 9.97. The van der Waals surface area contributed by atoms with Crippen molar-refractivity contribution in [1.29, 1.82) is 0 Å². The number of aromatic nitrogens is 3. The Bertz CT molecular complexity index is 1830. The lowest BCUT2D eigenvalue weighted by Gasteiger charge is -2.22. The van der Waals surface area contributed by atoms with Crippen LogP contribution in [0.4, 0.5) is 14.6 Å². The second kappa shape index (κ2) is 9.22. The molecule has 6 aromatic rings. The van der Waals surface area contributed by atoms with Crippen LogP contribution in [0.1, 0.15) is 18.7 Å². The molecule has 3 aromatic heterocycles. The van der Waals surface area contributed by atoms with E-state index in [1.165, 1.54) is 17.4 Å². The van der Waals surface area contributed by atoms with Gasteiger partial charge in [0.15, 0.2) is 17.5 Å². The molecule has 1 N–H and O–H groups in total. The van der Waals surface area contributed by atoms with E-state index in [0.717, 1.165) is 28.0 Å². The topological polar surface area (TPSA) is 59.8 Å². The lowest BCUT2D eigenvalue weighted by Crippen LogP contribution is -2.26. The van der Waals surface area contributed by atoms with E-state index in [1.54, 1.807) is 22.3 Å². The van der Waals surface area contributed by atoms with Crippen molar-refractivity contribution in [2.24, 2.45) is 0 Å². The van der Waals surface area contributed by atoms with E-state index in [2.05, 4.69) is 15.3 Å². The average molecular weight is 511 g/mol. The molecule has 3 heterocycles. The number of hydrogen-bond donors (Lipinski definition) is 1. The summed E-state index contributed by atoms with van der Waals surface area (Å²) in [6, 6.07) is 22.0. The van der Waals surface area contributed by atoms with Gasteiger partial charge < -0.3 is 5.32 Å². The molecule has 0 amide bonds. The SMILES string of the molecule is C[C@H](Nc1nccc2scnc12)c1cc2cccc(-c3ccc(F)c(F)c3)c2c(=O)n1-c1ccccc1. The fraction of sp³-hybridized carbons (Fsp3) is 0.0690. The third-order valence-corrected chi connectivity index (χ3v) is 7.16. The number of anilines is 1. The van der Waals surface area contributed by atoms with Gasteiger partial charge in [0, 0.05) is 17.6 Å². The largest absolute Gasteiger partial charge is 0.360 e. The standard InChI is InChI=1S/C29H20F2N4OS/c1-17(34-28-27-25(12-13-32-28)37-16-33-27)24-15-19-6-5-9-21(18-10-11-22(30)23(31)14-18)26(19)29(36)35(24)20-7-3-2-4-8-20/h2-17H,1H3,(H,32,34)/t17-/m0/s1. The van der Waals surface area contributed by atoms with Crippen LogP contribution in [0.2, 0.25) is 0 Å². The van der Waals surface area contributed by atoms with Crippen molar-refractivity contribution >= 4 is 38.1 Å². The first-order chi connectivity index (χ1) is 18.0. The van der Waals surface area contributed by atoms with E-state index < -0.39 is 11.6 Å². The summed E-state index contributed by atoms with van der Waals surface area (Å²) in [5, 5.41) is 4.55. The Hall–Kier alpha value is -4.43. The maximum absolute atomic E-state index is 14.2. The molecule has 6 rings (SSSR count). The number of benzene rings is 3. The Labute approximate surface area is 214 Å². The zero-order valence-corrected chi connectivity index (χ0v) is 20.5. The summed E-state index contributed by atoms with van der Waals surface area (Å²) >= 11 is 1.53. The van der Waals surface area contributed by atoms with Gasteiger partial charge in [-0.1, -0.05) is 42.5 Å². The Morgan fingerprint density at radius 2 is 1.76 bits per heavy atom. The van der Waals surface area contributed by atoms with E-state index in [0.29, 0.717) is 33.4 Å². The molecule has 1 atom stereocenters. The van der Waals surface area contributed by atoms with E-state index in [9.17, 15) is 13.6 Å². The Balaban J connectivity index is 1.57. The van der Waals surface area contributed by atoms with Crippen LogP contribution in [-0.4, -0.2) is 14.5 Å². The third-order valence-electron chi connectivity index (χ3n) is 6.37. The molecule has 182 valence electrons. The van der Waals surface area contributed by atoms with E-state index >= 15 is 0 Å². The minimum atomic E-state index is -0.962. The highest BCUT2D eigenvalue weighted by Crippen LogP contribution is 2.32. The van der Waals surface area contributed by atoms with Crippen molar-refractivity contribution in [3.05, 3.63) is 118 Å². The highest BCUT2D eigenvalue weighted by Gasteiger charge is 2.20. The smallest absolute Gasteiger partial charge is 0.263 e. The summed E-state index contributed by atoms with van der Waals surface area (Å²) in [5.41, 5.74) is 4.67. The number of thiazole rings is 1. The van der Waals surface area contributed by atoms with Crippen molar-refractivity contribution in [2.45, 2.75) is 13.0 Å². The van der Waals surface area contributed by atoms with Crippen LogP contribution in [0, 0.1) is 11.6 Å². The molecule has 0 unspecified atom stereocenters. The predicted molar refractivity (Wildman–Crippen MR) is 144 cm³/mol. The molecule has 0 saturated carbocycles. The summed E-state index contributed by atoms with van der Waals surface area (Å²) in [7, 11) is 0. The normalized spacial score (nSPS) is 12.2. The Morgan fingerprint density at radius 3 is 2.57 bits per heavy atom. The van der Waals surface area contributed by atoms with Crippen LogP contribution in [0.5, 0.6) is 0 Å². The van der Waals surface area contributed by atoms with Crippen molar-refractivity contribution in [3.8, 4) is 16.8 Å². The van der Waals surface area contributed by atoms with Crippen LogP contribution in [0.25, 0.3) is 37.8 Å². The first-order valence-corrected chi connectivity index (χ1v) is 12.5. The van der Waals surface area contributed by atoms with Gasteiger partial charge in [-0.3, -0.25) is 9.36 Å². The van der Waals surface area contributed by atoms with Crippen LogP contribution < -0.4 is 10.9 Å². The lowest BCUT2D eigenvalue weighted by molar-refractivity contribution is 0.509. The second-order valence-corrected chi connectivity index (χ2v) is 9.56. The minimum absolute atomic E-state index is 0.257. The van der Waals surface area contributed by atoms with Crippen molar-refractivity contribution in [2.75, 3.05) is 5.32 Å². The average Bonchev–Trinajstić information content (AvgIpc) is 3.40. The van der Waals surface area contributed by atoms with Crippen molar-refractivity contribution < 1.29 is 8.78 Å². The molecule has 0 spiro atoms. The molecule has 0 aliphatic rings. The summed E-state index contributed by atoms with van der Waals surface area (Å²) in [5.74, 6) is -1.26. The van der Waals surface area contributed by atoms with Gasteiger partial charge in [-0.15, -0.1) is 11.3 Å².